The van der Waals surface area contributed by atoms with Crippen LogP contribution in [0.1, 0.15) is 46.9 Å². The molecule has 0 saturated heterocycles. The van der Waals surface area contributed by atoms with Gasteiger partial charge in [-0.25, -0.2) is 0 Å². The molecule has 0 fully saturated rings. The van der Waals surface area contributed by atoms with Gasteiger partial charge in [-0.15, -0.1) is 0 Å². The van der Waals surface area contributed by atoms with E-state index in [4.69, 9.17) is 4.74 Å². The highest BCUT2D eigenvalue weighted by Crippen LogP contribution is 2.17. The van der Waals surface area contributed by atoms with Gasteiger partial charge < -0.3 is 15.4 Å². The van der Waals surface area contributed by atoms with Gasteiger partial charge in [-0.2, -0.15) is 0 Å². The molecule has 0 aliphatic heterocycles. The number of para-hydroxylation sites is 1. The molecule has 2 N–H and O–H groups in total. The van der Waals surface area contributed by atoms with Crippen molar-refractivity contribution in [2.45, 2.75) is 26.2 Å². The number of carbonyl (C=O) groups is 2. The van der Waals surface area contributed by atoms with E-state index >= 15 is 0 Å². The highest BCUT2D eigenvalue weighted by molar-refractivity contribution is 6.09. The van der Waals surface area contributed by atoms with Crippen molar-refractivity contribution in [3.8, 4) is 5.75 Å². The number of hydrogen-bond acceptors (Lipinski definition) is 3. The first-order chi connectivity index (χ1) is 12.2. The molecule has 25 heavy (non-hydrogen) atoms. The molecule has 5 nitrogen and oxygen atoms in total. The van der Waals surface area contributed by atoms with Crippen LogP contribution in [0.4, 0.5) is 5.69 Å². The number of ether oxygens (including phenoxy) is 1. The van der Waals surface area contributed by atoms with Gasteiger partial charge in [0.25, 0.3) is 11.8 Å². The third-order valence-corrected chi connectivity index (χ3v) is 3.84. The quantitative estimate of drug-likeness (QED) is 0.717. The molecule has 2 amide bonds. The van der Waals surface area contributed by atoms with Gasteiger partial charge >= 0.3 is 0 Å². The monoisotopic (exact) mass is 340 g/mol. The number of rotatable bonds is 8. The summed E-state index contributed by atoms with van der Waals surface area (Å²) in [5.74, 6) is 0.235. The van der Waals surface area contributed by atoms with E-state index in [1.165, 1.54) is 0 Å². The van der Waals surface area contributed by atoms with Crippen LogP contribution in [-0.2, 0) is 0 Å². The predicted molar refractivity (Wildman–Crippen MR) is 99.2 cm³/mol. The van der Waals surface area contributed by atoms with Gasteiger partial charge in [-0.05, 0) is 42.8 Å². The van der Waals surface area contributed by atoms with Crippen LogP contribution >= 0.6 is 0 Å². The van der Waals surface area contributed by atoms with Crippen LogP contribution in [-0.4, -0.2) is 25.5 Å². The molecule has 0 spiro atoms. The molecule has 0 aliphatic rings. The SMILES string of the molecule is CCCCCNC(=O)c1ccccc1NC(=O)c1ccc(OC)cc1. The Kier molecular flexibility index (Phi) is 7.01. The molecule has 0 radical (unpaired) electrons. The molecule has 0 atom stereocenters. The van der Waals surface area contributed by atoms with E-state index in [9.17, 15) is 9.59 Å². The lowest BCUT2D eigenvalue weighted by atomic mass is 10.1. The second kappa shape index (κ2) is 9.47. The van der Waals surface area contributed by atoms with E-state index in [1.54, 1.807) is 55.6 Å². The van der Waals surface area contributed by atoms with Gasteiger partial charge in [-0.3, -0.25) is 9.59 Å². The van der Waals surface area contributed by atoms with Crippen molar-refractivity contribution in [3.63, 3.8) is 0 Å². The maximum Gasteiger partial charge on any atom is 0.255 e. The Morgan fingerprint density at radius 2 is 1.68 bits per heavy atom. The lowest BCUT2D eigenvalue weighted by molar-refractivity contribution is 0.0954. The van der Waals surface area contributed by atoms with Crippen LogP contribution in [0.3, 0.4) is 0 Å². The number of unbranched alkanes of at least 4 members (excludes halogenated alkanes) is 2. The summed E-state index contributed by atoms with van der Waals surface area (Å²) < 4.78 is 5.09. The first-order valence-corrected chi connectivity index (χ1v) is 8.48. The molecular formula is C20H24N2O3. The summed E-state index contributed by atoms with van der Waals surface area (Å²) >= 11 is 0. The molecule has 0 bridgehead atoms. The number of amides is 2. The number of nitrogens with one attached hydrogen (secondary N) is 2. The molecule has 0 heterocycles. The highest BCUT2D eigenvalue weighted by Gasteiger charge is 2.13. The van der Waals surface area contributed by atoms with Crippen LogP contribution in [0.5, 0.6) is 5.75 Å². The van der Waals surface area contributed by atoms with Gasteiger partial charge in [0.2, 0.25) is 0 Å². The zero-order valence-corrected chi connectivity index (χ0v) is 14.7. The second-order valence-corrected chi connectivity index (χ2v) is 5.69. The average Bonchev–Trinajstić information content (AvgIpc) is 2.65. The van der Waals surface area contributed by atoms with Crippen molar-refractivity contribution in [1.29, 1.82) is 0 Å². The molecule has 2 aromatic rings. The lowest BCUT2D eigenvalue weighted by Gasteiger charge is -2.11. The van der Waals surface area contributed by atoms with E-state index in [2.05, 4.69) is 17.6 Å². The molecule has 5 heteroatoms. The molecule has 2 rings (SSSR count). The molecular weight excluding hydrogens is 316 g/mol. The van der Waals surface area contributed by atoms with Crippen LogP contribution in [0, 0.1) is 0 Å². The standard InChI is InChI=1S/C20H24N2O3/c1-3-4-7-14-21-20(24)17-8-5-6-9-18(17)22-19(23)15-10-12-16(25-2)13-11-15/h5-6,8-13H,3-4,7,14H2,1-2H3,(H,21,24)(H,22,23). The van der Waals surface area contributed by atoms with Gasteiger partial charge in [0.1, 0.15) is 5.75 Å². The topological polar surface area (TPSA) is 67.4 Å². The van der Waals surface area contributed by atoms with E-state index in [0.29, 0.717) is 29.1 Å². The summed E-state index contributed by atoms with van der Waals surface area (Å²) in [6, 6.07) is 13.8. The number of carbonyl (C=O) groups excluding carboxylic acids is 2. The number of hydrogen-bond donors (Lipinski definition) is 2. The van der Waals surface area contributed by atoms with Crippen LogP contribution in [0.15, 0.2) is 48.5 Å². The minimum Gasteiger partial charge on any atom is -0.497 e. The fourth-order valence-electron chi connectivity index (χ4n) is 2.40. The van der Waals surface area contributed by atoms with E-state index in [1.807, 2.05) is 0 Å². The summed E-state index contributed by atoms with van der Waals surface area (Å²) in [4.78, 5) is 24.8. The van der Waals surface area contributed by atoms with Crippen LogP contribution < -0.4 is 15.4 Å². The first kappa shape index (κ1) is 18.5. The number of methoxy groups -OCH3 is 1. The first-order valence-electron chi connectivity index (χ1n) is 8.48. The van der Waals surface area contributed by atoms with E-state index in [-0.39, 0.29) is 11.8 Å². The fourth-order valence-corrected chi connectivity index (χ4v) is 2.40. The van der Waals surface area contributed by atoms with Gasteiger partial charge in [-0.1, -0.05) is 31.9 Å². The van der Waals surface area contributed by atoms with Crippen molar-refractivity contribution < 1.29 is 14.3 Å². The molecule has 0 saturated carbocycles. The minimum atomic E-state index is -0.270. The van der Waals surface area contributed by atoms with Crippen molar-refractivity contribution in [1.82, 2.24) is 5.32 Å². The normalized spacial score (nSPS) is 10.2. The largest absolute Gasteiger partial charge is 0.497 e. The Bertz CT molecular complexity index is 711. The van der Waals surface area contributed by atoms with Crippen molar-refractivity contribution in [3.05, 3.63) is 59.7 Å². The lowest BCUT2D eigenvalue weighted by Crippen LogP contribution is -2.26. The summed E-state index contributed by atoms with van der Waals surface area (Å²) in [6.45, 7) is 2.75. The fraction of sp³-hybridized carbons (Fsp3) is 0.300. The van der Waals surface area contributed by atoms with E-state index in [0.717, 1.165) is 19.3 Å². The summed E-state index contributed by atoms with van der Waals surface area (Å²) in [7, 11) is 1.57. The zero-order valence-electron chi connectivity index (χ0n) is 14.7. The smallest absolute Gasteiger partial charge is 0.255 e. The molecule has 0 unspecified atom stereocenters. The van der Waals surface area contributed by atoms with Crippen LogP contribution in [0.2, 0.25) is 0 Å². The van der Waals surface area contributed by atoms with Gasteiger partial charge in [0, 0.05) is 12.1 Å². The average molecular weight is 340 g/mol. The Morgan fingerprint density at radius 3 is 2.36 bits per heavy atom. The van der Waals surface area contributed by atoms with Crippen molar-refractivity contribution in [2.75, 3.05) is 19.0 Å². The number of benzene rings is 2. The van der Waals surface area contributed by atoms with Gasteiger partial charge in [0.15, 0.2) is 0 Å². The Labute approximate surface area is 148 Å². The maximum atomic E-state index is 12.4. The molecule has 132 valence electrons. The molecule has 0 aliphatic carbocycles. The summed E-state index contributed by atoms with van der Waals surface area (Å²) in [5, 5.41) is 5.70. The predicted octanol–water partition coefficient (Wildman–Crippen LogP) is 3.87. The van der Waals surface area contributed by atoms with Gasteiger partial charge in [0.05, 0.1) is 18.4 Å². The van der Waals surface area contributed by atoms with E-state index < -0.39 is 0 Å². The third-order valence-electron chi connectivity index (χ3n) is 3.84. The van der Waals surface area contributed by atoms with Crippen LogP contribution in [0.25, 0.3) is 0 Å². The third kappa shape index (κ3) is 5.35. The molecule has 2 aromatic carbocycles. The highest BCUT2D eigenvalue weighted by atomic mass is 16.5. The zero-order chi connectivity index (χ0) is 18.1. The Balaban J connectivity index is 2.06. The molecule has 0 aromatic heterocycles. The second-order valence-electron chi connectivity index (χ2n) is 5.69. The maximum absolute atomic E-state index is 12.4. The summed E-state index contributed by atoms with van der Waals surface area (Å²) in [6.07, 6.45) is 3.13. The van der Waals surface area contributed by atoms with Crippen molar-refractivity contribution >= 4 is 17.5 Å². The Morgan fingerprint density at radius 1 is 0.960 bits per heavy atom. The Hall–Kier alpha value is -2.82. The minimum absolute atomic E-state index is 0.179. The van der Waals surface area contributed by atoms with Crippen molar-refractivity contribution in [2.24, 2.45) is 0 Å². The number of anilines is 1. The summed E-state index contributed by atoms with van der Waals surface area (Å²) in [5.41, 5.74) is 1.45.